The predicted molar refractivity (Wildman–Crippen MR) is 64.3 cm³/mol. The maximum absolute atomic E-state index is 9.34. The van der Waals surface area contributed by atoms with Crippen LogP contribution in [-0.2, 0) is 0 Å². The first-order valence-corrected chi connectivity index (χ1v) is 5.41. The van der Waals surface area contributed by atoms with E-state index in [2.05, 4.69) is 22.6 Å². The summed E-state index contributed by atoms with van der Waals surface area (Å²) in [5, 5.41) is 9.34. The van der Waals surface area contributed by atoms with Gasteiger partial charge in [-0.15, -0.1) is 0 Å². The minimum absolute atomic E-state index is 0.360. The molecule has 3 N–H and O–H groups in total. The topological polar surface area (TPSA) is 55.5 Å². The second-order valence-electron chi connectivity index (χ2n) is 3.16. The molecular formula is C10H14INO2. The summed E-state index contributed by atoms with van der Waals surface area (Å²) in [4.78, 5) is 0. The normalized spacial score (nSPS) is 14.9. The molecule has 0 amide bonds. The molecule has 0 heterocycles. The third-order valence-corrected chi connectivity index (χ3v) is 2.97. The lowest BCUT2D eigenvalue weighted by molar-refractivity contribution is 0.164. The number of hydrogen-bond acceptors (Lipinski definition) is 3. The fraction of sp³-hybridized carbons (Fsp3) is 0.400. The van der Waals surface area contributed by atoms with Gasteiger partial charge >= 0.3 is 0 Å². The fourth-order valence-electron chi connectivity index (χ4n) is 1.16. The van der Waals surface area contributed by atoms with Gasteiger partial charge < -0.3 is 15.6 Å². The highest BCUT2D eigenvalue weighted by Crippen LogP contribution is 2.25. The molecule has 2 unspecified atom stereocenters. The number of rotatable bonds is 3. The van der Waals surface area contributed by atoms with Crippen molar-refractivity contribution in [2.24, 2.45) is 5.73 Å². The van der Waals surface area contributed by atoms with E-state index >= 15 is 0 Å². The Hall–Kier alpha value is -0.330. The third-order valence-electron chi connectivity index (χ3n) is 2.08. The van der Waals surface area contributed by atoms with Gasteiger partial charge in [0.05, 0.1) is 22.8 Å². The number of ether oxygens (including phenoxy) is 1. The molecular weight excluding hydrogens is 293 g/mol. The highest BCUT2D eigenvalue weighted by Gasteiger charge is 2.13. The highest BCUT2D eigenvalue weighted by molar-refractivity contribution is 14.1. The summed E-state index contributed by atoms with van der Waals surface area (Å²) in [6, 6.07) is 5.33. The lowest BCUT2D eigenvalue weighted by Crippen LogP contribution is -2.23. The summed E-state index contributed by atoms with van der Waals surface area (Å²) in [7, 11) is 1.62. The first-order chi connectivity index (χ1) is 6.56. The van der Waals surface area contributed by atoms with Crippen LogP contribution in [0.25, 0.3) is 0 Å². The minimum atomic E-state index is -0.556. The van der Waals surface area contributed by atoms with Crippen molar-refractivity contribution in [2.75, 3.05) is 7.11 Å². The van der Waals surface area contributed by atoms with Crippen LogP contribution in [0.15, 0.2) is 18.2 Å². The summed E-state index contributed by atoms with van der Waals surface area (Å²) < 4.78 is 6.20. The van der Waals surface area contributed by atoms with Crippen molar-refractivity contribution in [1.82, 2.24) is 0 Å². The van der Waals surface area contributed by atoms with Gasteiger partial charge in [0.2, 0.25) is 0 Å². The van der Waals surface area contributed by atoms with Crippen LogP contribution < -0.4 is 10.5 Å². The van der Waals surface area contributed by atoms with Crippen LogP contribution in [-0.4, -0.2) is 18.3 Å². The quantitative estimate of drug-likeness (QED) is 0.836. The van der Waals surface area contributed by atoms with Crippen molar-refractivity contribution in [1.29, 1.82) is 0 Å². The van der Waals surface area contributed by atoms with Crippen molar-refractivity contribution in [3.63, 3.8) is 0 Å². The van der Waals surface area contributed by atoms with E-state index in [1.165, 1.54) is 0 Å². The van der Waals surface area contributed by atoms with E-state index in [0.717, 1.165) is 14.9 Å². The van der Waals surface area contributed by atoms with Crippen molar-refractivity contribution < 1.29 is 9.84 Å². The van der Waals surface area contributed by atoms with Crippen molar-refractivity contribution in [2.45, 2.75) is 19.1 Å². The molecule has 0 saturated carbocycles. The SMILES string of the molecule is COc1cc(C(N)C(C)O)ccc1I. The Morgan fingerprint density at radius 1 is 1.50 bits per heavy atom. The van der Waals surface area contributed by atoms with Crippen LogP contribution in [0.3, 0.4) is 0 Å². The van der Waals surface area contributed by atoms with Crippen molar-refractivity contribution in [3.8, 4) is 5.75 Å². The summed E-state index contributed by atoms with van der Waals surface area (Å²) in [6.45, 7) is 1.68. The molecule has 78 valence electrons. The van der Waals surface area contributed by atoms with Gasteiger partial charge in [-0.2, -0.15) is 0 Å². The summed E-state index contributed by atoms with van der Waals surface area (Å²) in [6.07, 6.45) is -0.556. The largest absolute Gasteiger partial charge is 0.496 e. The molecule has 0 radical (unpaired) electrons. The molecule has 0 aliphatic carbocycles. The molecule has 3 nitrogen and oxygen atoms in total. The highest BCUT2D eigenvalue weighted by atomic mass is 127. The van der Waals surface area contributed by atoms with E-state index in [1.54, 1.807) is 14.0 Å². The minimum Gasteiger partial charge on any atom is -0.496 e. The number of benzene rings is 1. The summed E-state index contributed by atoms with van der Waals surface area (Å²) in [5.74, 6) is 0.791. The number of aliphatic hydroxyl groups is 1. The molecule has 0 aliphatic rings. The van der Waals surface area contributed by atoms with Gasteiger partial charge in [0.25, 0.3) is 0 Å². The van der Waals surface area contributed by atoms with Crippen molar-refractivity contribution >= 4 is 22.6 Å². The average molecular weight is 307 g/mol. The third kappa shape index (κ3) is 2.59. The Morgan fingerprint density at radius 3 is 2.64 bits per heavy atom. The van der Waals surface area contributed by atoms with Crippen LogP contribution in [0.4, 0.5) is 0 Å². The van der Waals surface area contributed by atoms with Crippen LogP contribution in [0.1, 0.15) is 18.5 Å². The number of nitrogens with two attached hydrogens (primary N) is 1. The molecule has 0 bridgehead atoms. The molecule has 1 aromatic rings. The summed E-state index contributed by atoms with van der Waals surface area (Å²) in [5.41, 5.74) is 6.69. The molecule has 1 rings (SSSR count). The number of methoxy groups -OCH3 is 1. The first kappa shape index (κ1) is 11.7. The van der Waals surface area contributed by atoms with Gasteiger partial charge in [0.15, 0.2) is 0 Å². The number of hydrogen-bond donors (Lipinski definition) is 2. The van der Waals surface area contributed by atoms with Gasteiger partial charge in [-0.05, 0) is 47.2 Å². The van der Waals surface area contributed by atoms with E-state index in [0.29, 0.717) is 0 Å². The molecule has 0 spiro atoms. The Kier molecular flexibility index (Phi) is 4.15. The Labute approximate surface area is 97.4 Å². The Bertz CT molecular complexity index is 315. The second kappa shape index (κ2) is 4.95. The lowest BCUT2D eigenvalue weighted by Gasteiger charge is -2.16. The second-order valence-corrected chi connectivity index (χ2v) is 4.32. The Balaban J connectivity index is 3.00. The van der Waals surface area contributed by atoms with Gasteiger partial charge in [-0.1, -0.05) is 6.07 Å². The van der Waals surface area contributed by atoms with Crippen LogP contribution in [0.5, 0.6) is 5.75 Å². The van der Waals surface area contributed by atoms with E-state index < -0.39 is 6.10 Å². The molecule has 0 aromatic heterocycles. The number of aliphatic hydroxyl groups excluding tert-OH is 1. The van der Waals surface area contributed by atoms with Gasteiger partial charge in [-0.25, -0.2) is 0 Å². The van der Waals surface area contributed by atoms with Crippen LogP contribution in [0.2, 0.25) is 0 Å². The maximum atomic E-state index is 9.34. The number of halogens is 1. The van der Waals surface area contributed by atoms with Gasteiger partial charge in [0, 0.05) is 0 Å². The molecule has 0 aliphatic heterocycles. The Morgan fingerprint density at radius 2 is 2.14 bits per heavy atom. The fourth-order valence-corrected chi connectivity index (χ4v) is 1.72. The summed E-state index contributed by atoms with van der Waals surface area (Å²) >= 11 is 2.19. The molecule has 0 saturated heterocycles. The molecule has 1 aromatic carbocycles. The van der Waals surface area contributed by atoms with E-state index in [4.69, 9.17) is 10.5 Å². The predicted octanol–water partition coefficient (Wildman–Crippen LogP) is 1.68. The molecule has 4 heteroatoms. The van der Waals surface area contributed by atoms with Gasteiger partial charge in [0.1, 0.15) is 5.75 Å². The van der Waals surface area contributed by atoms with Crippen molar-refractivity contribution in [3.05, 3.63) is 27.3 Å². The standard InChI is InChI=1S/C10H14INO2/c1-6(13)10(12)7-3-4-8(11)9(5-7)14-2/h3-6,10,13H,12H2,1-2H3. The molecule has 14 heavy (non-hydrogen) atoms. The smallest absolute Gasteiger partial charge is 0.132 e. The first-order valence-electron chi connectivity index (χ1n) is 4.33. The van der Waals surface area contributed by atoms with Crippen LogP contribution in [0, 0.1) is 3.57 Å². The molecule has 2 atom stereocenters. The van der Waals surface area contributed by atoms with E-state index in [-0.39, 0.29) is 6.04 Å². The molecule has 0 fully saturated rings. The maximum Gasteiger partial charge on any atom is 0.132 e. The van der Waals surface area contributed by atoms with E-state index in [1.807, 2.05) is 18.2 Å². The zero-order valence-corrected chi connectivity index (χ0v) is 10.4. The lowest BCUT2D eigenvalue weighted by atomic mass is 10.0. The van der Waals surface area contributed by atoms with Gasteiger partial charge in [-0.3, -0.25) is 0 Å². The average Bonchev–Trinajstić information content (AvgIpc) is 2.17. The monoisotopic (exact) mass is 307 g/mol. The zero-order valence-electron chi connectivity index (χ0n) is 8.20. The van der Waals surface area contributed by atoms with E-state index in [9.17, 15) is 5.11 Å². The van der Waals surface area contributed by atoms with Crippen LogP contribution >= 0.6 is 22.6 Å². The zero-order chi connectivity index (χ0) is 10.7.